The second kappa shape index (κ2) is 11.5. The van der Waals surface area contributed by atoms with Crippen molar-refractivity contribution in [1.82, 2.24) is 5.43 Å². The van der Waals surface area contributed by atoms with Gasteiger partial charge in [-0.15, -0.1) is 11.8 Å². The second-order valence-electron chi connectivity index (χ2n) is 5.39. The number of ether oxygens (including phenoxy) is 2. The van der Waals surface area contributed by atoms with Crippen molar-refractivity contribution < 1.29 is 14.3 Å². The number of nitrogens with one attached hydrogen (secondary N) is 1. The van der Waals surface area contributed by atoms with E-state index in [0.717, 1.165) is 21.4 Å². The monoisotopic (exact) mass is 448 g/mol. The minimum Gasteiger partial charge on any atom is -0.493 e. The van der Waals surface area contributed by atoms with Crippen LogP contribution in [0.5, 0.6) is 11.5 Å². The lowest BCUT2D eigenvalue weighted by Gasteiger charge is -2.09. The molecule has 2 rings (SSSR count). The molecule has 1 amide bonds. The van der Waals surface area contributed by atoms with Crippen molar-refractivity contribution in [1.29, 1.82) is 0 Å². The van der Waals surface area contributed by atoms with E-state index in [2.05, 4.69) is 33.0 Å². The molecule has 0 aromatic heterocycles. The predicted octanol–water partition coefficient (Wildman–Crippen LogP) is 4.41. The number of thioether (sulfide) groups is 1. The van der Waals surface area contributed by atoms with E-state index in [1.165, 1.54) is 11.8 Å². The molecule has 0 aliphatic carbocycles. The third-order valence-electron chi connectivity index (χ3n) is 3.40. The van der Waals surface area contributed by atoms with Crippen molar-refractivity contribution >= 4 is 39.8 Å². The van der Waals surface area contributed by atoms with E-state index in [1.54, 1.807) is 31.5 Å². The van der Waals surface area contributed by atoms with Crippen LogP contribution in [-0.2, 0) is 10.5 Å². The van der Waals surface area contributed by atoms with Crippen molar-refractivity contribution in [2.75, 3.05) is 19.5 Å². The first kappa shape index (κ1) is 21.1. The fourth-order valence-corrected chi connectivity index (χ4v) is 3.55. The first-order valence-electron chi connectivity index (χ1n) is 8.19. The predicted molar refractivity (Wildman–Crippen MR) is 115 cm³/mol. The lowest BCUT2D eigenvalue weighted by Crippen LogP contribution is -2.19. The third kappa shape index (κ3) is 7.11. The Kier molecular flexibility index (Phi) is 8.94. The SMILES string of the molecule is C=CCOc1ccc(/C=N\NC(=O)CSCc2ccccc2Br)cc1OC. The standard InChI is InChI=1S/C20H21BrN2O3S/c1-3-10-26-18-9-8-15(11-19(18)25-2)12-22-23-20(24)14-27-13-16-6-4-5-7-17(16)21/h3-9,11-12H,1,10,13-14H2,2H3,(H,23,24)/b22-12-. The zero-order chi connectivity index (χ0) is 19.5. The summed E-state index contributed by atoms with van der Waals surface area (Å²) >= 11 is 5.03. The topological polar surface area (TPSA) is 59.9 Å². The highest BCUT2D eigenvalue weighted by molar-refractivity contribution is 9.10. The van der Waals surface area contributed by atoms with Crippen LogP contribution in [0.3, 0.4) is 0 Å². The van der Waals surface area contributed by atoms with E-state index < -0.39 is 0 Å². The van der Waals surface area contributed by atoms with Gasteiger partial charge in [-0.3, -0.25) is 4.79 Å². The molecular formula is C20H21BrN2O3S. The van der Waals surface area contributed by atoms with E-state index in [0.29, 0.717) is 23.9 Å². The fraction of sp³-hybridized carbons (Fsp3) is 0.200. The zero-order valence-electron chi connectivity index (χ0n) is 15.0. The molecule has 0 saturated heterocycles. The van der Waals surface area contributed by atoms with Crippen molar-refractivity contribution in [2.24, 2.45) is 5.10 Å². The highest BCUT2D eigenvalue weighted by Gasteiger charge is 2.05. The van der Waals surface area contributed by atoms with Gasteiger partial charge < -0.3 is 9.47 Å². The fourth-order valence-electron chi connectivity index (χ4n) is 2.11. The van der Waals surface area contributed by atoms with E-state index in [-0.39, 0.29) is 5.91 Å². The number of amides is 1. The number of hydrogen-bond donors (Lipinski definition) is 1. The van der Waals surface area contributed by atoms with E-state index in [9.17, 15) is 4.79 Å². The van der Waals surface area contributed by atoms with Crippen molar-refractivity contribution in [3.05, 3.63) is 70.7 Å². The normalized spacial score (nSPS) is 10.6. The average Bonchev–Trinajstić information content (AvgIpc) is 2.68. The number of carbonyl (C=O) groups excluding carboxylic acids is 1. The van der Waals surface area contributed by atoms with Crippen LogP contribution in [-0.4, -0.2) is 31.6 Å². The minimum absolute atomic E-state index is 0.152. The number of nitrogens with zero attached hydrogens (tertiary/aromatic N) is 1. The number of hydrogen-bond acceptors (Lipinski definition) is 5. The molecule has 0 heterocycles. The highest BCUT2D eigenvalue weighted by Crippen LogP contribution is 2.27. The third-order valence-corrected chi connectivity index (χ3v) is 5.15. The van der Waals surface area contributed by atoms with Gasteiger partial charge in [0.1, 0.15) is 6.61 Å². The summed E-state index contributed by atoms with van der Waals surface area (Å²) in [4.78, 5) is 11.9. The first-order valence-corrected chi connectivity index (χ1v) is 10.1. The van der Waals surface area contributed by atoms with E-state index >= 15 is 0 Å². The van der Waals surface area contributed by atoms with Gasteiger partial charge in [0.05, 0.1) is 19.1 Å². The van der Waals surface area contributed by atoms with Crippen LogP contribution < -0.4 is 14.9 Å². The molecule has 0 fully saturated rings. The number of halogens is 1. The molecule has 7 heteroatoms. The number of methoxy groups -OCH3 is 1. The Hall–Kier alpha value is -2.25. The number of carbonyl (C=O) groups is 1. The molecule has 0 aliphatic rings. The average molecular weight is 449 g/mol. The molecule has 0 saturated carbocycles. The highest BCUT2D eigenvalue weighted by atomic mass is 79.9. The first-order chi connectivity index (χ1) is 13.1. The summed E-state index contributed by atoms with van der Waals surface area (Å²) in [7, 11) is 1.57. The molecule has 0 aliphatic heterocycles. The molecule has 2 aromatic carbocycles. The molecule has 0 unspecified atom stereocenters. The summed E-state index contributed by atoms with van der Waals surface area (Å²) < 4.78 is 11.8. The Labute approximate surface area is 172 Å². The molecule has 0 radical (unpaired) electrons. The van der Waals surface area contributed by atoms with Crippen LogP contribution in [0.4, 0.5) is 0 Å². The number of rotatable bonds is 10. The molecule has 0 spiro atoms. The second-order valence-corrected chi connectivity index (χ2v) is 7.23. The van der Waals surface area contributed by atoms with Gasteiger partial charge in [0.15, 0.2) is 11.5 Å². The molecule has 0 atom stereocenters. The molecular weight excluding hydrogens is 428 g/mol. The van der Waals surface area contributed by atoms with Crippen LogP contribution in [0.2, 0.25) is 0 Å². The maximum atomic E-state index is 11.9. The van der Waals surface area contributed by atoms with Crippen LogP contribution in [0.1, 0.15) is 11.1 Å². The molecule has 0 bridgehead atoms. The van der Waals surface area contributed by atoms with Crippen LogP contribution in [0, 0.1) is 0 Å². The Morgan fingerprint density at radius 1 is 1.30 bits per heavy atom. The smallest absolute Gasteiger partial charge is 0.250 e. The van der Waals surface area contributed by atoms with Gasteiger partial charge in [0.2, 0.25) is 5.91 Å². The van der Waals surface area contributed by atoms with Crippen molar-refractivity contribution in [3.63, 3.8) is 0 Å². The zero-order valence-corrected chi connectivity index (χ0v) is 17.4. The van der Waals surface area contributed by atoms with Gasteiger partial charge in [-0.2, -0.15) is 5.10 Å². The molecule has 5 nitrogen and oxygen atoms in total. The van der Waals surface area contributed by atoms with Crippen molar-refractivity contribution in [2.45, 2.75) is 5.75 Å². The summed E-state index contributed by atoms with van der Waals surface area (Å²) in [5, 5.41) is 3.99. The largest absolute Gasteiger partial charge is 0.493 e. The van der Waals surface area contributed by atoms with Gasteiger partial charge in [-0.25, -0.2) is 5.43 Å². The van der Waals surface area contributed by atoms with Gasteiger partial charge in [0.25, 0.3) is 0 Å². The summed E-state index contributed by atoms with van der Waals surface area (Å²) in [5.41, 5.74) is 4.48. The van der Waals surface area contributed by atoms with E-state index in [1.807, 2.05) is 30.3 Å². The maximum Gasteiger partial charge on any atom is 0.250 e. The molecule has 142 valence electrons. The van der Waals surface area contributed by atoms with Gasteiger partial charge in [-0.05, 0) is 35.4 Å². The number of hydrazone groups is 1. The van der Waals surface area contributed by atoms with Crippen LogP contribution in [0.25, 0.3) is 0 Å². The molecule has 1 N–H and O–H groups in total. The molecule has 27 heavy (non-hydrogen) atoms. The van der Waals surface area contributed by atoms with Gasteiger partial charge in [0, 0.05) is 10.2 Å². The summed E-state index contributed by atoms with van der Waals surface area (Å²) in [6.45, 7) is 4.02. The van der Waals surface area contributed by atoms with E-state index in [4.69, 9.17) is 9.47 Å². The Morgan fingerprint density at radius 3 is 2.85 bits per heavy atom. The van der Waals surface area contributed by atoms with Crippen molar-refractivity contribution in [3.8, 4) is 11.5 Å². The van der Waals surface area contributed by atoms with Crippen LogP contribution >= 0.6 is 27.7 Å². The maximum absolute atomic E-state index is 11.9. The minimum atomic E-state index is -0.152. The lowest BCUT2D eigenvalue weighted by atomic mass is 10.2. The van der Waals surface area contributed by atoms with Gasteiger partial charge >= 0.3 is 0 Å². The Bertz CT molecular complexity index is 812. The van der Waals surface area contributed by atoms with Crippen LogP contribution in [0.15, 0.2) is 64.7 Å². The van der Waals surface area contributed by atoms with Gasteiger partial charge in [-0.1, -0.05) is 46.8 Å². The Balaban J connectivity index is 1.81. The quantitative estimate of drug-likeness (QED) is 0.332. The molecule has 2 aromatic rings. The summed E-state index contributed by atoms with van der Waals surface area (Å²) in [6.07, 6.45) is 3.23. The lowest BCUT2D eigenvalue weighted by molar-refractivity contribution is -0.118. The Morgan fingerprint density at radius 2 is 2.11 bits per heavy atom. The number of benzene rings is 2. The summed E-state index contributed by atoms with van der Waals surface area (Å²) in [5.74, 6) is 2.15. The summed E-state index contributed by atoms with van der Waals surface area (Å²) in [6, 6.07) is 13.4.